The van der Waals surface area contributed by atoms with E-state index in [1.807, 2.05) is 29.2 Å². The van der Waals surface area contributed by atoms with E-state index in [4.69, 9.17) is 0 Å². The normalized spacial score (nSPS) is 14.0. The van der Waals surface area contributed by atoms with Crippen molar-refractivity contribution in [3.05, 3.63) is 66.5 Å². The highest BCUT2D eigenvalue weighted by atomic mass is 32.2. The molecule has 0 atom stereocenters. The van der Waals surface area contributed by atoms with Gasteiger partial charge in [0.2, 0.25) is 0 Å². The van der Waals surface area contributed by atoms with Gasteiger partial charge in [-0.05, 0) is 36.4 Å². The summed E-state index contributed by atoms with van der Waals surface area (Å²) in [6.07, 6.45) is 3.38. The van der Waals surface area contributed by atoms with Crippen LogP contribution in [0.1, 0.15) is 10.4 Å². The van der Waals surface area contributed by atoms with Crippen LogP contribution in [-0.4, -0.2) is 57.9 Å². The lowest BCUT2D eigenvalue weighted by atomic mass is 10.2. The number of amides is 1. The van der Waals surface area contributed by atoms with Gasteiger partial charge in [0, 0.05) is 49.2 Å². The Hall–Kier alpha value is -3.27. The Balaban J connectivity index is 1.36. The van der Waals surface area contributed by atoms with Crippen LogP contribution >= 0.6 is 11.8 Å². The third-order valence-corrected chi connectivity index (χ3v) is 5.62. The number of thioether (sulfide) groups is 1. The summed E-state index contributed by atoms with van der Waals surface area (Å²) < 4.78 is 25.6. The molecule has 1 aromatic carbocycles. The number of nitrogens with one attached hydrogen (secondary N) is 1. The molecule has 3 heterocycles. The predicted molar refractivity (Wildman–Crippen MR) is 116 cm³/mol. The monoisotopic (exact) mass is 442 g/mol. The standard InChI is InChI=1S/C21H20F2N6OS/c22-21(23)31-17-4-2-1-3-16(17)20(30)29-13-11-28(12-14-29)19-6-5-18(26-27-19)25-15-7-9-24-10-8-15/h1-10,21H,11-14H2,(H,24,25,26). The zero-order valence-corrected chi connectivity index (χ0v) is 17.3. The number of piperazine rings is 1. The molecule has 0 saturated carbocycles. The molecule has 1 amide bonds. The fraction of sp³-hybridized carbons (Fsp3) is 0.238. The van der Waals surface area contributed by atoms with E-state index in [1.165, 1.54) is 0 Å². The molecule has 7 nitrogen and oxygen atoms in total. The molecule has 4 rings (SSSR count). The van der Waals surface area contributed by atoms with Crippen LogP contribution < -0.4 is 10.2 Å². The van der Waals surface area contributed by atoms with Crippen LogP contribution in [0.4, 0.5) is 26.1 Å². The van der Waals surface area contributed by atoms with Gasteiger partial charge in [-0.25, -0.2) is 0 Å². The van der Waals surface area contributed by atoms with Crippen LogP contribution in [0.15, 0.2) is 65.8 Å². The maximum absolute atomic E-state index is 12.9. The van der Waals surface area contributed by atoms with E-state index in [2.05, 4.69) is 20.5 Å². The van der Waals surface area contributed by atoms with Crippen LogP contribution in [0.5, 0.6) is 0 Å². The fourth-order valence-corrected chi connectivity index (χ4v) is 3.93. The largest absolute Gasteiger partial charge is 0.352 e. The molecule has 1 N–H and O–H groups in total. The first-order chi connectivity index (χ1) is 15.1. The number of halogens is 2. The molecule has 0 aliphatic carbocycles. The Labute approximate surface area is 182 Å². The fourth-order valence-electron chi connectivity index (χ4n) is 3.29. The summed E-state index contributed by atoms with van der Waals surface area (Å²) in [5.74, 6) is -1.45. The Morgan fingerprint density at radius 1 is 0.968 bits per heavy atom. The van der Waals surface area contributed by atoms with Gasteiger partial charge < -0.3 is 15.1 Å². The van der Waals surface area contributed by atoms with E-state index in [1.54, 1.807) is 41.6 Å². The summed E-state index contributed by atoms with van der Waals surface area (Å²) in [4.78, 5) is 20.9. The molecule has 0 unspecified atom stereocenters. The third kappa shape index (κ3) is 5.26. The highest BCUT2D eigenvalue weighted by Gasteiger charge is 2.25. The van der Waals surface area contributed by atoms with Gasteiger partial charge in [-0.3, -0.25) is 9.78 Å². The van der Waals surface area contributed by atoms with Gasteiger partial charge in [0.1, 0.15) is 0 Å². The average Bonchev–Trinajstić information content (AvgIpc) is 2.80. The minimum Gasteiger partial charge on any atom is -0.352 e. The molecule has 1 aliphatic heterocycles. The Kier molecular flexibility index (Phi) is 6.56. The summed E-state index contributed by atoms with van der Waals surface area (Å²) in [5.41, 5.74) is 1.18. The predicted octanol–water partition coefficient (Wildman–Crippen LogP) is 3.89. The first kappa shape index (κ1) is 21.0. The number of anilines is 3. The minimum absolute atomic E-state index is 0.230. The summed E-state index contributed by atoms with van der Waals surface area (Å²) in [6.45, 7) is 2.12. The Bertz CT molecular complexity index is 1010. The van der Waals surface area contributed by atoms with Crippen LogP contribution in [0.3, 0.4) is 0 Å². The van der Waals surface area contributed by atoms with E-state index in [0.717, 1.165) is 11.5 Å². The maximum Gasteiger partial charge on any atom is 0.288 e. The van der Waals surface area contributed by atoms with E-state index >= 15 is 0 Å². The second-order valence-corrected chi connectivity index (χ2v) is 7.82. The summed E-state index contributed by atoms with van der Waals surface area (Å²) in [7, 11) is 0. The number of rotatable bonds is 6. The van der Waals surface area contributed by atoms with Gasteiger partial charge in [-0.1, -0.05) is 23.9 Å². The lowest BCUT2D eigenvalue weighted by molar-refractivity contribution is 0.0743. The molecule has 1 fully saturated rings. The van der Waals surface area contributed by atoms with Crippen LogP contribution in [0, 0.1) is 0 Å². The molecule has 0 radical (unpaired) electrons. The molecular formula is C21H20F2N6OS. The van der Waals surface area contributed by atoms with Gasteiger partial charge in [0.15, 0.2) is 11.6 Å². The number of aromatic nitrogens is 3. The van der Waals surface area contributed by atoms with Crippen LogP contribution in [-0.2, 0) is 0 Å². The molecular weight excluding hydrogens is 422 g/mol. The number of carbonyl (C=O) groups is 1. The van der Waals surface area contributed by atoms with Gasteiger partial charge in [-0.2, -0.15) is 8.78 Å². The van der Waals surface area contributed by atoms with Crippen LogP contribution in [0.2, 0.25) is 0 Å². The molecule has 31 heavy (non-hydrogen) atoms. The first-order valence-corrected chi connectivity index (χ1v) is 10.6. The lowest BCUT2D eigenvalue weighted by Gasteiger charge is -2.35. The topological polar surface area (TPSA) is 74.2 Å². The number of pyridine rings is 1. The van der Waals surface area contributed by atoms with Gasteiger partial charge in [0.25, 0.3) is 11.7 Å². The molecule has 3 aromatic rings. The van der Waals surface area contributed by atoms with Gasteiger partial charge in [-0.15, -0.1) is 10.2 Å². The van der Waals surface area contributed by atoms with Crippen molar-refractivity contribution in [1.29, 1.82) is 0 Å². The van der Waals surface area contributed by atoms with E-state index < -0.39 is 5.76 Å². The van der Waals surface area contributed by atoms with Crippen molar-refractivity contribution in [2.75, 3.05) is 36.4 Å². The number of hydrogen-bond acceptors (Lipinski definition) is 7. The lowest BCUT2D eigenvalue weighted by Crippen LogP contribution is -2.49. The van der Waals surface area contributed by atoms with Crippen molar-refractivity contribution >= 4 is 35.0 Å². The molecule has 1 saturated heterocycles. The number of benzene rings is 1. The first-order valence-electron chi connectivity index (χ1n) is 9.69. The highest BCUT2D eigenvalue weighted by Crippen LogP contribution is 2.29. The summed E-state index contributed by atoms with van der Waals surface area (Å²) in [5, 5.41) is 11.6. The Morgan fingerprint density at radius 2 is 1.71 bits per heavy atom. The SMILES string of the molecule is O=C(c1ccccc1SC(F)F)N1CCN(c2ccc(Nc3ccncc3)nn2)CC1. The number of carbonyl (C=O) groups excluding carboxylic acids is 1. The van der Waals surface area contributed by atoms with Crippen molar-refractivity contribution in [2.45, 2.75) is 10.7 Å². The van der Waals surface area contributed by atoms with E-state index in [9.17, 15) is 13.6 Å². The summed E-state index contributed by atoms with van der Waals surface area (Å²) >= 11 is 0.398. The zero-order valence-electron chi connectivity index (χ0n) is 16.5. The van der Waals surface area contributed by atoms with Crippen molar-refractivity contribution in [1.82, 2.24) is 20.1 Å². The number of alkyl halides is 2. The quantitative estimate of drug-likeness (QED) is 0.581. The van der Waals surface area contributed by atoms with Crippen molar-refractivity contribution in [3.8, 4) is 0 Å². The number of hydrogen-bond donors (Lipinski definition) is 1. The zero-order chi connectivity index (χ0) is 21.6. The minimum atomic E-state index is -2.57. The second-order valence-electron chi connectivity index (χ2n) is 6.79. The van der Waals surface area contributed by atoms with Gasteiger partial charge in [0.05, 0.1) is 5.56 Å². The molecule has 2 aromatic heterocycles. The molecule has 160 valence electrons. The van der Waals surface area contributed by atoms with Crippen LogP contribution in [0.25, 0.3) is 0 Å². The molecule has 10 heteroatoms. The van der Waals surface area contributed by atoms with Crippen molar-refractivity contribution < 1.29 is 13.6 Å². The van der Waals surface area contributed by atoms with Crippen molar-refractivity contribution in [2.24, 2.45) is 0 Å². The maximum atomic E-state index is 12.9. The molecule has 1 aliphatic rings. The Morgan fingerprint density at radius 3 is 2.39 bits per heavy atom. The molecule has 0 spiro atoms. The summed E-state index contributed by atoms with van der Waals surface area (Å²) in [6, 6.07) is 13.9. The average molecular weight is 442 g/mol. The molecule has 0 bridgehead atoms. The third-order valence-electron chi connectivity index (χ3n) is 4.83. The second kappa shape index (κ2) is 9.69. The van der Waals surface area contributed by atoms with Crippen molar-refractivity contribution in [3.63, 3.8) is 0 Å². The highest BCUT2D eigenvalue weighted by molar-refractivity contribution is 7.99. The van der Waals surface area contributed by atoms with E-state index in [0.29, 0.717) is 54.2 Å². The smallest absolute Gasteiger partial charge is 0.288 e. The number of nitrogens with zero attached hydrogens (tertiary/aromatic N) is 5. The van der Waals surface area contributed by atoms with Gasteiger partial charge >= 0.3 is 0 Å². The van der Waals surface area contributed by atoms with E-state index in [-0.39, 0.29) is 5.91 Å².